The maximum atomic E-state index is 11.6. The minimum Gasteiger partial charge on any atom is -0.481 e. The first kappa shape index (κ1) is 12.2. The lowest BCUT2D eigenvalue weighted by atomic mass is 9.80. The number of carboxylic acid groups (broad SMARTS) is 1. The van der Waals surface area contributed by atoms with Gasteiger partial charge in [-0.2, -0.15) is 0 Å². The Morgan fingerprint density at radius 2 is 2.16 bits per heavy atom. The number of carbonyl (C=O) groups is 1. The van der Waals surface area contributed by atoms with Crippen molar-refractivity contribution in [1.82, 2.24) is 15.3 Å². The number of nitrogens with one attached hydrogen (secondary N) is 2. The van der Waals surface area contributed by atoms with E-state index in [2.05, 4.69) is 15.3 Å². The fraction of sp³-hybridized carbons (Fsp3) is 0.429. The number of aromatic amines is 1. The lowest BCUT2D eigenvalue weighted by Gasteiger charge is -2.28. The number of H-pyrrole nitrogens is 1. The van der Waals surface area contributed by atoms with Crippen molar-refractivity contribution in [2.24, 2.45) is 5.92 Å². The Balaban J connectivity index is 1.95. The van der Waals surface area contributed by atoms with E-state index in [0.29, 0.717) is 0 Å². The first-order valence-corrected chi connectivity index (χ1v) is 6.62. The van der Waals surface area contributed by atoms with Gasteiger partial charge in [-0.3, -0.25) is 4.79 Å². The molecule has 19 heavy (non-hydrogen) atoms. The molecular formula is C14H17N3O2. The highest BCUT2D eigenvalue weighted by Gasteiger charge is 2.30. The third-order valence-electron chi connectivity index (χ3n) is 3.92. The molecule has 5 nitrogen and oxygen atoms in total. The number of nitrogens with zero attached hydrogens (tertiary/aromatic N) is 1. The SMILES string of the molecule is O=C(O)C(c1ccc2nc[nH]c2c1)C1CCNCC1. The van der Waals surface area contributed by atoms with E-state index in [0.717, 1.165) is 42.5 Å². The highest BCUT2D eigenvalue weighted by atomic mass is 16.4. The molecule has 5 heteroatoms. The maximum Gasteiger partial charge on any atom is 0.311 e. The van der Waals surface area contributed by atoms with E-state index in [4.69, 9.17) is 0 Å². The zero-order valence-corrected chi connectivity index (χ0v) is 10.6. The van der Waals surface area contributed by atoms with E-state index in [-0.39, 0.29) is 5.92 Å². The van der Waals surface area contributed by atoms with Crippen LogP contribution >= 0.6 is 0 Å². The number of rotatable bonds is 3. The second kappa shape index (κ2) is 5.01. The van der Waals surface area contributed by atoms with Gasteiger partial charge < -0.3 is 15.4 Å². The molecule has 0 aliphatic carbocycles. The van der Waals surface area contributed by atoms with Gasteiger partial charge in [0.1, 0.15) is 0 Å². The predicted molar refractivity (Wildman–Crippen MR) is 72.1 cm³/mol. The van der Waals surface area contributed by atoms with Gasteiger partial charge in [0.05, 0.1) is 23.3 Å². The molecule has 3 N–H and O–H groups in total. The van der Waals surface area contributed by atoms with Crippen LogP contribution < -0.4 is 5.32 Å². The lowest BCUT2D eigenvalue weighted by molar-refractivity contribution is -0.140. The number of carboxylic acids is 1. The summed E-state index contributed by atoms with van der Waals surface area (Å²) in [6, 6.07) is 5.70. The van der Waals surface area contributed by atoms with Crippen LogP contribution in [0.4, 0.5) is 0 Å². The summed E-state index contributed by atoms with van der Waals surface area (Å²) in [6.07, 6.45) is 3.46. The molecule has 1 aliphatic heterocycles. The van der Waals surface area contributed by atoms with Crippen molar-refractivity contribution in [2.45, 2.75) is 18.8 Å². The van der Waals surface area contributed by atoms with Crippen molar-refractivity contribution < 1.29 is 9.90 Å². The third-order valence-corrected chi connectivity index (χ3v) is 3.92. The summed E-state index contributed by atoms with van der Waals surface area (Å²) in [5, 5.41) is 12.8. The quantitative estimate of drug-likeness (QED) is 0.784. The molecule has 0 amide bonds. The molecule has 0 radical (unpaired) electrons. The molecule has 1 aromatic carbocycles. The van der Waals surface area contributed by atoms with Crippen LogP contribution in [-0.4, -0.2) is 34.1 Å². The summed E-state index contributed by atoms with van der Waals surface area (Å²) >= 11 is 0. The second-order valence-corrected chi connectivity index (χ2v) is 5.08. The fourth-order valence-electron chi connectivity index (χ4n) is 2.94. The molecule has 2 aromatic rings. The molecule has 1 unspecified atom stereocenters. The average Bonchev–Trinajstić information content (AvgIpc) is 2.87. The third kappa shape index (κ3) is 2.33. The van der Waals surface area contributed by atoms with Gasteiger partial charge in [0, 0.05) is 0 Å². The summed E-state index contributed by atoms with van der Waals surface area (Å²) in [6.45, 7) is 1.81. The highest BCUT2D eigenvalue weighted by Crippen LogP contribution is 2.32. The van der Waals surface area contributed by atoms with Gasteiger partial charge in [-0.15, -0.1) is 0 Å². The minimum absolute atomic E-state index is 0.208. The number of piperidine rings is 1. The molecule has 1 atom stereocenters. The number of fused-ring (bicyclic) bond motifs is 1. The van der Waals surface area contributed by atoms with Crippen molar-refractivity contribution in [3.05, 3.63) is 30.1 Å². The predicted octanol–water partition coefficient (Wildman–Crippen LogP) is 1.73. The molecule has 1 saturated heterocycles. The van der Waals surface area contributed by atoms with Crippen LogP contribution in [0, 0.1) is 5.92 Å². The van der Waals surface area contributed by atoms with Crippen LogP contribution in [0.25, 0.3) is 11.0 Å². The van der Waals surface area contributed by atoms with Crippen LogP contribution in [0.15, 0.2) is 24.5 Å². The van der Waals surface area contributed by atoms with Crippen LogP contribution in [0.5, 0.6) is 0 Å². The molecule has 0 bridgehead atoms. The number of aliphatic carboxylic acids is 1. The zero-order chi connectivity index (χ0) is 13.2. The first-order chi connectivity index (χ1) is 9.25. The fourth-order valence-corrected chi connectivity index (χ4v) is 2.94. The van der Waals surface area contributed by atoms with Crippen LogP contribution in [0.2, 0.25) is 0 Å². The van der Waals surface area contributed by atoms with Gasteiger partial charge in [0.2, 0.25) is 0 Å². The maximum absolute atomic E-state index is 11.6. The van der Waals surface area contributed by atoms with Gasteiger partial charge in [0.25, 0.3) is 0 Å². The van der Waals surface area contributed by atoms with Gasteiger partial charge in [0.15, 0.2) is 0 Å². The zero-order valence-electron chi connectivity index (χ0n) is 10.6. The van der Waals surface area contributed by atoms with Crippen molar-refractivity contribution in [3.63, 3.8) is 0 Å². The highest BCUT2D eigenvalue weighted by molar-refractivity contribution is 5.81. The number of benzene rings is 1. The van der Waals surface area contributed by atoms with Crippen LogP contribution in [0.1, 0.15) is 24.3 Å². The van der Waals surface area contributed by atoms with Gasteiger partial charge in [-0.25, -0.2) is 4.98 Å². The Hall–Kier alpha value is -1.88. The van der Waals surface area contributed by atoms with Gasteiger partial charge in [-0.1, -0.05) is 6.07 Å². The van der Waals surface area contributed by atoms with Crippen LogP contribution in [0.3, 0.4) is 0 Å². The summed E-state index contributed by atoms with van der Waals surface area (Å²) in [5.74, 6) is -0.945. The van der Waals surface area contributed by atoms with Gasteiger partial charge >= 0.3 is 5.97 Å². The van der Waals surface area contributed by atoms with Crippen molar-refractivity contribution in [3.8, 4) is 0 Å². The topological polar surface area (TPSA) is 78.0 Å². The summed E-state index contributed by atoms with van der Waals surface area (Å²) in [5.41, 5.74) is 2.65. The van der Waals surface area contributed by atoms with Gasteiger partial charge in [-0.05, 0) is 49.5 Å². The lowest BCUT2D eigenvalue weighted by Crippen LogP contribution is -2.33. The Labute approximate surface area is 111 Å². The summed E-state index contributed by atoms with van der Waals surface area (Å²) in [7, 11) is 0. The Morgan fingerprint density at radius 1 is 1.37 bits per heavy atom. The van der Waals surface area contributed by atoms with E-state index >= 15 is 0 Å². The van der Waals surface area contributed by atoms with E-state index in [1.165, 1.54) is 0 Å². The smallest absolute Gasteiger partial charge is 0.311 e. The standard InChI is InChI=1S/C14H17N3O2/c18-14(19)13(9-3-5-15-6-4-9)10-1-2-11-12(7-10)17-8-16-11/h1-2,7-9,13,15H,3-6H2,(H,16,17)(H,18,19). The molecule has 1 aliphatic rings. The summed E-state index contributed by atoms with van der Waals surface area (Å²) in [4.78, 5) is 18.8. The van der Waals surface area contributed by atoms with Crippen molar-refractivity contribution in [2.75, 3.05) is 13.1 Å². The Morgan fingerprint density at radius 3 is 2.89 bits per heavy atom. The van der Waals surface area contributed by atoms with Crippen molar-refractivity contribution >= 4 is 17.0 Å². The second-order valence-electron chi connectivity index (χ2n) is 5.08. The van der Waals surface area contributed by atoms with Crippen molar-refractivity contribution in [1.29, 1.82) is 0 Å². The van der Waals surface area contributed by atoms with E-state index in [9.17, 15) is 9.90 Å². The molecule has 0 spiro atoms. The number of hydrogen-bond donors (Lipinski definition) is 3. The largest absolute Gasteiger partial charge is 0.481 e. The molecular weight excluding hydrogens is 242 g/mol. The molecule has 3 rings (SSSR count). The molecule has 1 fully saturated rings. The van der Waals surface area contributed by atoms with E-state index < -0.39 is 11.9 Å². The van der Waals surface area contributed by atoms with Crippen LogP contribution in [-0.2, 0) is 4.79 Å². The Kier molecular flexibility index (Phi) is 3.21. The van der Waals surface area contributed by atoms with E-state index in [1.807, 2.05) is 18.2 Å². The number of aromatic nitrogens is 2. The molecule has 2 heterocycles. The molecule has 0 saturated carbocycles. The minimum atomic E-state index is -0.731. The number of imidazole rings is 1. The Bertz CT molecular complexity index is 587. The monoisotopic (exact) mass is 259 g/mol. The molecule has 100 valence electrons. The first-order valence-electron chi connectivity index (χ1n) is 6.62. The number of hydrogen-bond acceptors (Lipinski definition) is 3. The normalized spacial score (nSPS) is 18.5. The summed E-state index contributed by atoms with van der Waals surface area (Å²) < 4.78 is 0. The average molecular weight is 259 g/mol. The molecule has 1 aromatic heterocycles. The van der Waals surface area contributed by atoms with E-state index in [1.54, 1.807) is 6.33 Å².